The molecule has 0 saturated heterocycles. The van der Waals surface area contributed by atoms with Crippen molar-refractivity contribution in [3.63, 3.8) is 0 Å². The molecule has 0 spiro atoms. The third kappa shape index (κ3) is 3.47. The van der Waals surface area contributed by atoms with Gasteiger partial charge in [0.1, 0.15) is 4.34 Å². The maximum absolute atomic E-state index is 6.00. The van der Waals surface area contributed by atoms with E-state index in [4.69, 9.17) is 11.6 Å². The van der Waals surface area contributed by atoms with Crippen LogP contribution in [0.1, 0.15) is 10.4 Å². The maximum atomic E-state index is 6.00. The van der Waals surface area contributed by atoms with Crippen LogP contribution in [0.25, 0.3) is 0 Å². The minimum atomic E-state index is 0.775. The molecule has 0 aliphatic rings. The fourth-order valence-electron chi connectivity index (χ4n) is 1.42. The van der Waals surface area contributed by atoms with Crippen LogP contribution in [0, 0.1) is 6.92 Å². The van der Waals surface area contributed by atoms with Gasteiger partial charge in [-0.25, -0.2) is 0 Å². The van der Waals surface area contributed by atoms with Crippen molar-refractivity contribution in [2.75, 3.05) is 5.32 Å². The van der Waals surface area contributed by atoms with Crippen LogP contribution in [-0.2, 0) is 6.54 Å². The molecule has 0 aliphatic carbocycles. The highest BCUT2D eigenvalue weighted by Gasteiger charge is 2.05. The first-order chi connectivity index (χ1) is 8.06. The first-order valence-electron chi connectivity index (χ1n) is 5.00. The lowest BCUT2D eigenvalue weighted by Crippen LogP contribution is -1.98. The average Bonchev–Trinajstić information content (AvgIpc) is 2.57. The van der Waals surface area contributed by atoms with Crippen molar-refractivity contribution in [3.05, 3.63) is 48.0 Å². The van der Waals surface area contributed by atoms with E-state index in [1.54, 1.807) is 11.3 Å². The molecule has 0 unspecified atom stereocenters. The fraction of sp³-hybridized carbons (Fsp3) is 0.167. The van der Waals surface area contributed by atoms with Crippen molar-refractivity contribution in [2.24, 2.45) is 0 Å². The predicted octanol–water partition coefficient (Wildman–Crippen LogP) is 5.85. The van der Waals surface area contributed by atoms with Gasteiger partial charge in [0.15, 0.2) is 0 Å². The molecule has 0 bridgehead atoms. The first kappa shape index (κ1) is 13.4. The Morgan fingerprint density at radius 3 is 2.59 bits per heavy atom. The van der Waals surface area contributed by atoms with Crippen molar-refractivity contribution in [3.8, 4) is 0 Å². The number of hydrogen-bond donors (Lipinski definition) is 1. The van der Waals surface area contributed by atoms with Crippen LogP contribution in [-0.4, -0.2) is 0 Å². The zero-order valence-corrected chi connectivity index (χ0v) is 13.8. The summed E-state index contributed by atoms with van der Waals surface area (Å²) >= 11 is 14.5. The van der Waals surface area contributed by atoms with E-state index in [1.807, 2.05) is 6.07 Å². The highest BCUT2D eigenvalue weighted by atomic mass is 79.9. The lowest BCUT2D eigenvalue weighted by Gasteiger charge is -2.07. The molecule has 0 atom stereocenters. The average molecular weight is 396 g/mol. The third-order valence-corrected chi connectivity index (χ3v) is 5.40. The van der Waals surface area contributed by atoms with E-state index < -0.39 is 0 Å². The summed E-state index contributed by atoms with van der Waals surface area (Å²) in [6.07, 6.45) is 0. The molecule has 2 rings (SSSR count). The van der Waals surface area contributed by atoms with E-state index in [-0.39, 0.29) is 0 Å². The second-order valence-electron chi connectivity index (χ2n) is 3.67. The molecule has 0 amide bonds. The number of thiophene rings is 1. The van der Waals surface area contributed by atoms with E-state index in [0.29, 0.717) is 0 Å². The number of rotatable bonds is 3. The van der Waals surface area contributed by atoms with Gasteiger partial charge in [0.2, 0.25) is 0 Å². The Labute approximate surface area is 126 Å². The van der Waals surface area contributed by atoms with Gasteiger partial charge in [0, 0.05) is 26.1 Å². The third-order valence-electron chi connectivity index (χ3n) is 2.27. The van der Waals surface area contributed by atoms with E-state index in [2.05, 4.69) is 62.3 Å². The van der Waals surface area contributed by atoms with Gasteiger partial charge in [0.05, 0.1) is 0 Å². The molecule has 2 aromatic rings. The van der Waals surface area contributed by atoms with Gasteiger partial charge in [-0.05, 0) is 62.5 Å². The van der Waals surface area contributed by atoms with Crippen LogP contribution in [0.4, 0.5) is 5.69 Å². The molecule has 1 nitrogen and oxygen atoms in total. The van der Waals surface area contributed by atoms with Gasteiger partial charge in [-0.1, -0.05) is 17.7 Å². The summed E-state index contributed by atoms with van der Waals surface area (Å²) in [6, 6.07) is 8.30. The molecule has 0 radical (unpaired) electrons. The Morgan fingerprint density at radius 1 is 1.24 bits per heavy atom. The molecule has 5 heteroatoms. The summed E-state index contributed by atoms with van der Waals surface area (Å²) < 4.78 is 2.84. The molecule has 1 aromatic heterocycles. The van der Waals surface area contributed by atoms with Crippen LogP contribution < -0.4 is 5.32 Å². The van der Waals surface area contributed by atoms with Crippen LogP contribution in [0.3, 0.4) is 0 Å². The lowest BCUT2D eigenvalue weighted by atomic mass is 10.2. The van der Waals surface area contributed by atoms with Crippen LogP contribution >= 0.6 is 54.8 Å². The second-order valence-corrected chi connectivity index (χ2v) is 7.12. The smallest absolute Gasteiger partial charge is 0.107 e. The standard InChI is InChI=1S/C12H10Br2ClNS/c1-7-2-3-11(9(13)4-7)16-6-8-5-10(14)12(15)17-8/h2-5,16H,6H2,1H3. The van der Waals surface area contributed by atoms with Crippen LogP contribution in [0.5, 0.6) is 0 Å². The number of aryl methyl sites for hydroxylation is 1. The highest BCUT2D eigenvalue weighted by molar-refractivity contribution is 9.11. The number of benzene rings is 1. The van der Waals surface area contributed by atoms with Crippen molar-refractivity contribution in [2.45, 2.75) is 13.5 Å². The number of nitrogens with one attached hydrogen (secondary N) is 1. The van der Waals surface area contributed by atoms with Crippen molar-refractivity contribution >= 4 is 60.5 Å². The Hall–Kier alpha value is -0.0300. The number of halogens is 3. The summed E-state index contributed by atoms with van der Waals surface area (Å²) in [5.74, 6) is 0. The Bertz CT molecular complexity index is 520. The molecule has 0 aliphatic heterocycles. The van der Waals surface area contributed by atoms with Crippen molar-refractivity contribution in [1.29, 1.82) is 0 Å². The van der Waals surface area contributed by atoms with Crippen LogP contribution in [0.2, 0.25) is 4.34 Å². The van der Waals surface area contributed by atoms with Crippen molar-refractivity contribution in [1.82, 2.24) is 0 Å². The summed E-state index contributed by atoms with van der Waals surface area (Å²) in [5.41, 5.74) is 2.33. The van der Waals surface area contributed by atoms with Crippen molar-refractivity contribution < 1.29 is 0 Å². The minimum absolute atomic E-state index is 0.775. The van der Waals surface area contributed by atoms with Gasteiger partial charge < -0.3 is 5.32 Å². The zero-order chi connectivity index (χ0) is 12.4. The summed E-state index contributed by atoms with van der Waals surface area (Å²) in [4.78, 5) is 1.20. The van der Waals surface area contributed by atoms with E-state index in [0.717, 1.165) is 25.5 Å². The predicted molar refractivity (Wildman–Crippen MR) is 83.2 cm³/mol. The quantitative estimate of drug-likeness (QED) is 0.688. The monoisotopic (exact) mass is 393 g/mol. The summed E-state index contributed by atoms with van der Waals surface area (Å²) in [6.45, 7) is 2.85. The molecular weight excluding hydrogens is 385 g/mol. The molecule has 0 fully saturated rings. The number of hydrogen-bond acceptors (Lipinski definition) is 2. The molecule has 1 aromatic carbocycles. The topological polar surface area (TPSA) is 12.0 Å². The normalized spacial score (nSPS) is 10.6. The van der Waals surface area contributed by atoms with Gasteiger partial charge in [-0.3, -0.25) is 0 Å². The molecule has 1 N–H and O–H groups in total. The number of anilines is 1. The Balaban J connectivity index is 2.07. The van der Waals surface area contributed by atoms with E-state index in [1.165, 1.54) is 10.4 Å². The first-order valence-corrected chi connectivity index (χ1v) is 7.78. The Kier molecular flexibility index (Phi) is 4.53. The van der Waals surface area contributed by atoms with Gasteiger partial charge in [0.25, 0.3) is 0 Å². The van der Waals surface area contributed by atoms with Crippen LogP contribution in [0.15, 0.2) is 33.2 Å². The van der Waals surface area contributed by atoms with Gasteiger partial charge in [-0.15, -0.1) is 11.3 Å². The maximum Gasteiger partial charge on any atom is 0.107 e. The minimum Gasteiger partial charge on any atom is -0.379 e. The molecule has 0 saturated carbocycles. The Morgan fingerprint density at radius 2 is 2.00 bits per heavy atom. The fourth-order valence-corrected chi connectivity index (χ4v) is 3.79. The second kappa shape index (κ2) is 5.74. The highest BCUT2D eigenvalue weighted by Crippen LogP contribution is 2.32. The molecule has 1 heterocycles. The summed E-state index contributed by atoms with van der Waals surface area (Å²) in [5, 5.41) is 3.38. The lowest BCUT2D eigenvalue weighted by molar-refractivity contribution is 1.18. The van der Waals surface area contributed by atoms with E-state index >= 15 is 0 Å². The molecule has 90 valence electrons. The summed E-state index contributed by atoms with van der Waals surface area (Å²) in [7, 11) is 0. The van der Waals surface area contributed by atoms with Gasteiger partial charge in [-0.2, -0.15) is 0 Å². The molecule has 17 heavy (non-hydrogen) atoms. The largest absolute Gasteiger partial charge is 0.379 e. The zero-order valence-electron chi connectivity index (χ0n) is 9.06. The molecular formula is C12H10Br2ClNS. The van der Waals surface area contributed by atoms with Gasteiger partial charge >= 0.3 is 0 Å². The van der Waals surface area contributed by atoms with E-state index in [9.17, 15) is 0 Å². The SMILES string of the molecule is Cc1ccc(NCc2cc(Br)c(Cl)s2)c(Br)c1.